The molecule has 4 aliphatic heterocycles. The van der Waals surface area contributed by atoms with E-state index in [0.717, 1.165) is 36.5 Å². The molecule has 176 valence electrons. The number of hydrogen-bond donors (Lipinski definition) is 3. The number of nitrogens with zero attached hydrogens (tertiary/aromatic N) is 2. The standard InChI is InChI=1S/C24H36FN5O2/c1-17-6-7-20(14-22(26-3)28-32-17)30-10-4-5-18-13-19(15-27-23(18)30)21(31)16-29-11-8-24(2,25)9-12-29/h6-7,13-14,17,22,26-28H,4-5,8-12,15-16H2,1-3H3/b7-6-,20-14+. The Morgan fingerprint density at radius 1 is 1.34 bits per heavy atom. The molecule has 1 saturated heterocycles. The summed E-state index contributed by atoms with van der Waals surface area (Å²) in [5.41, 5.74) is 5.04. The highest BCUT2D eigenvalue weighted by Crippen LogP contribution is 2.30. The van der Waals surface area contributed by atoms with Crippen LogP contribution in [0.1, 0.15) is 39.5 Å². The van der Waals surface area contributed by atoms with Crippen LogP contribution in [0.4, 0.5) is 4.39 Å². The highest BCUT2D eigenvalue weighted by atomic mass is 19.1. The summed E-state index contributed by atoms with van der Waals surface area (Å²) in [6.07, 6.45) is 11.2. The van der Waals surface area contributed by atoms with Gasteiger partial charge in [0.05, 0.1) is 12.6 Å². The zero-order valence-electron chi connectivity index (χ0n) is 19.4. The van der Waals surface area contributed by atoms with E-state index >= 15 is 0 Å². The van der Waals surface area contributed by atoms with E-state index in [9.17, 15) is 9.18 Å². The summed E-state index contributed by atoms with van der Waals surface area (Å²) in [6, 6.07) is 0. The third-order valence-electron chi connectivity index (χ3n) is 6.70. The number of halogens is 1. The molecule has 1 fully saturated rings. The van der Waals surface area contributed by atoms with E-state index in [1.165, 1.54) is 5.57 Å². The normalized spacial score (nSPS) is 31.4. The summed E-state index contributed by atoms with van der Waals surface area (Å²) < 4.78 is 14.1. The second-order valence-electron chi connectivity index (χ2n) is 9.42. The summed E-state index contributed by atoms with van der Waals surface area (Å²) in [4.78, 5) is 22.9. The predicted molar refractivity (Wildman–Crippen MR) is 123 cm³/mol. The number of carbonyl (C=O) groups excluding carboxylic acids is 1. The Bertz CT molecular complexity index is 837. The number of ketones is 1. The highest BCUT2D eigenvalue weighted by molar-refractivity contribution is 5.98. The Balaban J connectivity index is 1.49. The van der Waals surface area contributed by atoms with Gasteiger partial charge >= 0.3 is 0 Å². The van der Waals surface area contributed by atoms with Crippen LogP contribution in [-0.2, 0) is 9.63 Å². The zero-order chi connectivity index (χ0) is 22.7. The van der Waals surface area contributed by atoms with Crippen molar-refractivity contribution in [1.29, 1.82) is 0 Å². The van der Waals surface area contributed by atoms with Crippen LogP contribution < -0.4 is 16.1 Å². The molecule has 0 spiro atoms. The number of alkyl halides is 1. The molecule has 0 amide bonds. The Morgan fingerprint density at radius 2 is 2.12 bits per heavy atom. The van der Waals surface area contributed by atoms with Gasteiger partial charge < -0.3 is 10.2 Å². The number of dihydropyridines is 1. The average molecular weight is 446 g/mol. The fourth-order valence-corrected chi connectivity index (χ4v) is 4.58. The monoisotopic (exact) mass is 445 g/mol. The van der Waals surface area contributed by atoms with Gasteiger partial charge in [0.1, 0.15) is 17.7 Å². The number of hydrogen-bond acceptors (Lipinski definition) is 7. The summed E-state index contributed by atoms with van der Waals surface area (Å²) in [7, 11) is 1.89. The van der Waals surface area contributed by atoms with Gasteiger partial charge in [-0.1, -0.05) is 6.08 Å². The number of nitrogens with one attached hydrogen (secondary N) is 3. The van der Waals surface area contributed by atoms with E-state index in [-0.39, 0.29) is 18.1 Å². The molecule has 0 radical (unpaired) electrons. The summed E-state index contributed by atoms with van der Waals surface area (Å²) in [5, 5.41) is 6.73. The van der Waals surface area contributed by atoms with Crippen molar-refractivity contribution in [2.45, 2.75) is 57.5 Å². The minimum atomic E-state index is -1.09. The molecular formula is C24H36FN5O2. The molecule has 4 aliphatic rings. The number of rotatable bonds is 5. The number of Topliss-reactive ketones (excluding diaryl/α,β-unsaturated/α-hetero) is 1. The van der Waals surface area contributed by atoms with Crippen molar-refractivity contribution < 1.29 is 14.0 Å². The molecule has 0 bridgehead atoms. The van der Waals surface area contributed by atoms with Crippen molar-refractivity contribution in [2.24, 2.45) is 0 Å². The lowest BCUT2D eigenvalue weighted by atomic mass is 9.94. The van der Waals surface area contributed by atoms with Gasteiger partial charge in [0.15, 0.2) is 5.78 Å². The zero-order valence-corrected chi connectivity index (χ0v) is 19.4. The fourth-order valence-electron chi connectivity index (χ4n) is 4.58. The second kappa shape index (κ2) is 9.87. The maximum absolute atomic E-state index is 14.1. The average Bonchev–Trinajstić information content (AvgIpc) is 2.77. The second-order valence-corrected chi connectivity index (χ2v) is 9.42. The van der Waals surface area contributed by atoms with Crippen LogP contribution >= 0.6 is 0 Å². The molecule has 0 saturated carbocycles. The molecule has 7 nitrogen and oxygen atoms in total. The van der Waals surface area contributed by atoms with Gasteiger partial charge in [0.2, 0.25) is 0 Å². The minimum absolute atomic E-state index is 0.0405. The third kappa shape index (κ3) is 5.49. The topological polar surface area (TPSA) is 68.9 Å². The van der Waals surface area contributed by atoms with Crippen LogP contribution in [-0.4, -0.2) is 73.3 Å². The van der Waals surface area contributed by atoms with Crippen molar-refractivity contribution in [3.63, 3.8) is 0 Å². The van der Waals surface area contributed by atoms with Crippen LogP contribution in [0.2, 0.25) is 0 Å². The maximum Gasteiger partial charge on any atom is 0.174 e. The number of likely N-dealkylation sites (tertiary alicyclic amines) is 1. The van der Waals surface area contributed by atoms with Gasteiger partial charge in [-0.2, -0.15) is 5.48 Å². The van der Waals surface area contributed by atoms with E-state index in [1.807, 2.05) is 20.0 Å². The van der Waals surface area contributed by atoms with Crippen LogP contribution in [0.3, 0.4) is 0 Å². The quantitative estimate of drug-likeness (QED) is 0.599. The molecule has 0 aromatic heterocycles. The van der Waals surface area contributed by atoms with E-state index in [0.29, 0.717) is 39.0 Å². The molecule has 2 atom stereocenters. The molecule has 4 heterocycles. The smallest absolute Gasteiger partial charge is 0.174 e. The Hall–Kier alpha value is -2.00. The lowest BCUT2D eigenvalue weighted by Gasteiger charge is -2.38. The molecule has 0 aromatic rings. The minimum Gasteiger partial charge on any atom is -0.367 e. The first-order chi connectivity index (χ1) is 15.3. The Labute approximate surface area is 190 Å². The van der Waals surface area contributed by atoms with Crippen LogP contribution in [0, 0.1) is 0 Å². The number of likely N-dealkylation sites (N-methyl/N-ethyl adjacent to an activating group) is 1. The predicted octanol–water partition coefficient (Wildman–Crippen LogP) is 2.13. The largest absolute Gasteiger partial charge is 0.367 e. The number of hydroxylamine groups is 1. The number of carbonyl (C=O) groups is 1. The van der Waals surface area contributed by atoms with Crippen LogP contribution in [0.5, 0.6) is 0 Å². The van der Waals surface area contributed by atoms with Crippen molar-refractivity contribution in [1.82, 2.24) is 25.9 Å². The SMILES string of the molecule is CNC1/C=C(N2CCCC3=C2NCC(C(=O)CN2CCC(C)(F)CC2)=C3)\C=C/C(C)ON1. The van der Waals surface area contributed by atoms with E-state index in [2.05, 4.69) is 44.1 Å². The lowest BCUT2D eigenvalue weighted by Crippen LogP contribution is -2.45. The van der Waals surface area contributed by atoms with Crippen molar-refractivity contribution in [3.8, 4) is 0 Å². The molecule has 0 aromatic carbocycles. The highest BCUT2D eigenvalue weighted by Gasteiger charge is 2.31. The number of allylic oxidation sites excluding steroid dienone is 3. The fraction of sp³-hybridized carbons (Fsp3) is 0.625. The summed E-state index contributed by atoms with van der Waals surface area (Å²) in [6.45, 7) is 6.75. The molecule has 3 N–H and O–H groups in total. The molecule has 8 heteroatoms. The Kier molecular flexibility index (Phi) is 7.14. The van der Waals surface area contributed by atoms with Crippen LogP contribution in [0.15, 0.2) is 47.0 Å². The molecule has 32 heavy (non-hydrogen) atoms. The van der Waals surface area contributed by atoms with Gasteiger partial charge in [-0.05, 0) is 70.4 Å². The summed E-state index contributed by atoms with van der Waals surface area (Å²) in [5.74, 6) is 1.22. The van der Waals surface area contributed by atoms with Gasteiger partial charge in [-0.15, -0.1) is 0 Å². The van der Waals surface area contributed by atoms with Gasteiger partial charge in [-0.25, -0.2) is 4.39 Å². The lowest BCUT2D eigenvalue weighted by molar-refractivity contribution is -0.117. The van der Waals surface area contributed by atoms with Crippen molar-refractivity contribution in [2.75, 3.05) is 39.8 Å². The first-order valence-electron chi connectivity index (χ1n) is 11.7. The van der Waals surface area contributed by atoms with Crippen molar-refractivity contribution >= 4 is 5.78 Å². The maximum atomic E-state index is 14.1. The van der Waals surface area contributed by atoms with Gasteiger partial charge in [-0.3, -0.25) is 19.8 Å². The molecule has 0 aliphatic carbocycles. The first-order valence-corrected chi connectivity index (χ1v) is 11.7. The van der Waals surface area contributed by atoms with Gasteiger partial charge in [0.25, 0.3) is 0 Å². The van der Waals surface area contributed by atoms with Gasteiger partial charge in [0, 0.05) is 37.4 Å². The van der Waals surface area contributed by atoms with Crippen molar-refractivity contribution in [3.05, 3.63) is 47.0 Å². The molecular weight excluding hydrogens is 409 g/mol. The Morgan fingerprint density at radius 3 is 2.88 bits per heavy atom. The van der Waals surface area contributed by atoms with E-state index in [4.69, 9.17) is 4.84 Å². The third-order valence-corrected chi connectivity index (χ3v) is 6.70. The van der Waals surface area contributed by atoms with E-state index in [1.54, 1.807) is 6.92 Å². The first kappa shape index (κ1) is 23.2. The molecule has 4 rings (SSSR count). The number of piperidine rings is 1. The van der Waals surface area contributed by atoms with E-state index < -0.39 is 5.67 Å². The summed E-state index contributed by atoms with van der Waals surface area (Å²) >= 11 is 0. The molecule has 2 unspecified atom stereocenters. The van der Waals surface area contributed by atoms with Crippen LogP contribution in [0.25, 0.3) is 0 Å².